The molecule has 24 heavy (non-hydrogen) atoms. The minimum Gasteiger partial charge on any atom is -0.383 e. The minimum absolute atomic E-state index is 0.279. The number of anilines is 2. The average molecular weight is 349 g/mol. The molecule has 0 radical (unpaired) electrons. The molecule has 3 rings (SSSR count). The first-order valence-corrected chi connectivity index (χ1v) is 8.99. The maximum absolute atomic E-state index is 12.3. The number of ether oxygens (including phenoxy) is 1. The van der Waals surface area contributed by atoms with E-state index in [1.807, 2.05) is 18.5 Å². The predicted molar refractivity (Wildman–Crippen MR) is 95.0 cm³/mol. The summed E-state index contributed by atoms with van der Waals surface area (Å²) in [6, 6.07) is -0.279. The van der Waals surface area contributed by atoms with E-state index >= 15 is 0 Å². The number of carbonyl (C=O) groups excluding carboxylic acids is 1. The van der Waals surface area contributed by atoms with Gasteiger partial charge in [0.1, 0.15) is 0 Å². The van der Waals surface area contributed by atoms with Crippen LogP contribution in [0.4, 0.5) is 15.6 Å². The molecule has 0 spiro atoms. The largest absolute Gasteiger partial charge is 0.383 e. The summed E-state index contributed by atoms with van der Waals surface area (Å²) in [6.07, 6.45) is 4.47. The van der Waals surface area contributed by atoms with Crippen molar-refractivity contribution in [2.45, 2.75) is 46.1 Å². The summed E-state index contributed by atoms with van der Waals surface area (Å²) >= 11 is 1.58. The molecule has 0 unspecified atom stereocenters. The molecular weight excluding hydrogens is 326 g/mol. The van der Waals surface area contributed by atoms with Gasteiger partial charge in [0.15, 0.2) is 5.13 Å². The summed E-state index contributed by atoms with van der Waals surface area (Å²) in [6.45, 7) is 5.06. The van der Waals surface area contributed by atoms with Gasteiger partial charge in [0.2, 0.25) is 0 Å². The standard InChI is InChI=1S/C16H23N5O2S/c1-10-14(11(2)21(20-10)8-9-23-3)18-15(22)19-16-17-12-6-4-5-7-13(12)24-16/h4-9H2,1-3H3,(H2,17,18,19,22). The topological polar surface area (TPSA) is 81.1 Å². The zero-order valence-electron chi connectivity index (χ0n) is 14.3. The third kappa shape index (κ3) is 3.59. The summed E-state index contributed by atoms with van der Waals surface area (Å²) in [5.74, 6) is 0. The van der Waals surface area contributed by atoms with Gasteiger partial charge in [-0.25, -0.2) is 9.78 Å². The van der Waals surface area contributed by atoms with Crippen molar-refractivity contribution in [3.05, 3.63) is 22.0 Å². The highest BCUT2D eigenvalue weighted by molar-refractivity contribution is 7.15. The van der Waals surface area contributed by atoms with Crippen LogP contribution < -0.4 is 10.6 Å². The zero-order chi connectivity index (χ0) is 17.1. The molecule has 0 aliphatic heterocycles. The van der Waals surface area contributed by atoms with Crippen LogP contribution in [-0.4, -0.2) is 34.5 Å². The van der Waals surface area contributed by atoms with Crippen molar-refractivity contribution >= 4 is 28.2 Å². The molecule has 1 aliphatic carbocycles. The van der Waals surface area contributed by atoms with E-state index in [9.17, 15) is 4.79 Å². The summed E-state index contributed by atoms with van der Waals surface area (Å²) in [5, 5.41) is 10.9. The summed E-state index contributed by atoms with van der Waals surface area (Å²) < 4.78 is 6.93. The van der Waals surface area contributed by atoms with Crippen LogP contribution in [0.3, 0.4) is 0 Å². The number of methoxy groups -OCH3 is 1. The number of fused-ring (bicyclic) bond motifs is 1. The fraction of sp³-hybridized carbons (Fsp3) is 0.562. The van der Waals surface area contributed by atoms with Gasteiger partial charge in [0, 0.05) is 12.0 Å². The molecule has 0 atom stereocenters. The van der Waals surface area contributed by atoms with E-state index in [0.717, 1.165) is 35.6 Å². The van der Waals surface area contributed by atoms with Crippen LogP contribution in [0.25, 0.3) is 0 Å². The van der Waals surface area contributed by atoms with Crippen LogP contribution in [0.1, 0.15) is 34.8 Å². The number of hydrogen-bond acceptors (Lipinski definition) is 5. The van der Waals surface area contributed by atoms with Crippen molar-refractivity contribution in [3.8, 4) is 0 Å². The molecule has 7 nitrogen and oxygen atoms in total. The maximum Gasteiger partial charge on any atom is 0.325 e. The molecule has 2 aromatic rings. The molecule has 0 fully saturated rings. The van der Waals surface area contributed by atoms with Crippen LogP contribution in [0.5, 0.6) is 0 Å². The highest BCUT2D eigenvalue weighted by Crippen LogP contribution is 2.29. The minimum atomic E-state index is -0.279. The lowest BCUT2D eigenvalue weighted by atomic mass is 10.0. The molecule has 1 aliphatic rings. The van der Waals surface area contributed by atoms with E-state index in [4.69, 9.17) is 4.74 Å². The van der Waals surface area contributed by atoms with Gasteiger partial charge in [-0.05, 0) is 39.5 Å². The second-order valence-corrected chi connectivity index (χ2v) is 7.02. The van der Waals surface area contributed by atoms with Crippen molar-refractivity contribution in [3.63, 3.8) is 0 Å². The number of hydrogen-bond donors (Lipinski definition) is 2. The Morgan fingerprint density at radius 3 is 2.83 bits per heavy atom. The smallest absolute Gasteiger partial charge is 0.325 e. The van der Waals surface area contributed by atoms with Crippen molar-refractivity contribution < 1.29 is 9.53 Å². The molecule has 0 aromatic carbocycles. The quantitative estimate of drug-likeness (QED) is 0.869. The Balaban J connectivity index is 1.66. The van der Waals surface area contributed by atoms with Gasteiger partial charge in [-0.1, -0.05) is 0 Å². The lowest BCUT2D eigenvalue weighted by molar-refractivity contribution is 0.182. The number of urea groups is 1. The SMILES string of the molecule is COCCn1nc(C)c(NC(=O)Nc2nc3c(s2)CCCC3)c1C. The fourth-order valence-corrected chi connectivity index (χ4v) is 3.97. The number of aryl methyl sites for hydroxylation is 3. The van der Waals surface area contributed by atoms with Crippen molar-refractivity contribution in [2.24, 2.45) is 0 Å². The number of aromatic nitrogens is 3. The van der Waals surface area contributed by atoms with Crippen molar-refractivity contribution in [1.82, 2.24) is 14.8 Å². The van der Waals surface area contributed by atoms with E-state index < -0.39 is 0 Å². The summed E-state index contributed by atoms with van der Waals surface area (Å²) in [4.78, 5) is 18.1. The molecular formula is C16H23N5O2S. The van der Waals surface area contributed by atoms with Gasteiger partial charge < -0.3 is 10.1 Å². The van der Waals surface area contributed by atoms with Crippen LogP contribution in [-0.2, 0) is 24.1 Å². The zero-order valence-corrected chi connectivity index (χ0v) is 15.1. The van der Waals surface area contributed by atoms with E-state index in [2.05, 4.69) is 20.7 Å². The number of nitrogens with zero attached hydrogens (tertiary/aromatic N) is 3. The Hall–Kier alpha value is -1.93. The Morgan fingerprint density at radius 2 is 2.08 bits per heavy atom. The van der Waals surface area contributed by atoms with Crippen LogP contribution in [0.2, 0.25) is 0 Å². The second-order valence-electron chi connectivity index (χ2n) is 5.94. The summed E-state index contributed by atoms with van der Waals surface area (Å²) in [7, 11) is 1.66. The fourth-order valence-electron chi connectivity index (χ4n) is 2.92. The molecule has 0 saturated heterocycles. The van der Waals surface area contributed by atoms with Crippen LogP contribution in [0, 0.1) is 13.8 Å². The number of thiazole rings is 1. The van der Waals surface area contributed by atoms with Crippen LogP contribution >= 0.6 is 11.3 Å². The molecule has 2 N–H and O–H groups in total. The van der Waals surface area contributed by atoms with Gasteiger partial charge in [0.05, 0.1) is 35.9 Å². The molecule has 2 amide bonds. The van der Waals surface area contributed by atoms with E-state index in [1.54, 1.807) is 18.4 Å². The first-order valence-electron chi connectivity index (χ1n) is 8.18. The lowest BCUT2D eigenvalue weighted by Crippen LogP contribution is -2.20. The Labute approximate surface area is 145 Å². The molecule has 130 valence electrons. The van der Waals surface area contributed by atoms with Crippen molar-refractivity contribution in [2.75, 3.05) is 24.4 Å². The Bertz CT molecular complexity index is 714. The Morgan fingerprint density at radius 1 is 1.29 bits per heavy atom. The first kappa shape index (κ1) is 16.9. The predicted octanol–water partition coefficient (Wildman–Crippen LogP) is 3.13. The highest BCUT2D eigenvalue weighted by atomic mass is 32.1. The average Bonchev–Trinajstić information content (AvgIpc) is 3.08. The monoisotopic (exact) mass is 349 g/mol. The lowest BCUT2D eigenvalue weighted by Gasteiger charge is -2.07. The Kier molecular flexibility index (Phi) is 5.15. The molecule has 2 heterocycles. The van der Waals surface area contributed by atoms with Gasteiger partial charge in [-0.15, -0.1) is 11.3 Å². The highest BCUT2D eigenvalue weighted by Gasteiger charge is 2.18. The van der Waals surface area contributed by atoms with Gasteiger partial charge in [-0.3, -0.25) is 10.00 Å². The van der Waals surface area contributed by atoms with Gasteiger partial charge >= 0.3 is 6.03 Å². The number of carbonyl (C=O) groups is 1. The first-order chi connectivity index (χ1) is 11.6. The normalized spacial score (nSPS) is 13.6. The number of rotatable bonds is 5. The van der Waals surface area contributed by atoms with Crippen molar-refractivity contribution in [1.29, 1.82) is 0 Å². The second kappa shape index (κ2) is 7.31. The van der Waals surface area contributed by atoms with Gasteiger partial charge in [0.25, 0.3) is 0 Å². The maximum atomic E-state index is 12.3. The molecule has 0 saturated carbocycles. The molecule has 2 aromatic heterocycles. The third-order valence-electron chi connectivity index (χ3n) is 4.19. The summed E-state index contributed by atoms with van der Waals surface area (Å²) in [5.41, 5.74) is 3.58. The molecule has 0 bridgehead atoms. The number of amides is 2. The van der Waals surface area contributed by atoms with E-state index in [-0.39, 0.29) is 6.03 Å². The molecule has 8 heteroatoms. The number of nitrogens with one attached hydrogen (secondary N) is 2. The van der Waals surface area contributed by atoms with E-state index in [1.165, 1.54) is 17.7 Å². The third-order valence-corrected chi connectivity index (χ3v) is 5.27. The van der Waals surface area contributed by atoms with Gasteiger partial charge in [-0.2, -0.15) is 5.10 Å². The van der Waals surface area contributed by atoms with Crippen LogP contribution in [0.15, 0.2) is 0 Å². The van der Waals surface area contributed by atoms with E-state index in [0.29, 0.717) is 18.3 Å².